The van der Waals surface area contributed by atoms with Crippen molar-refractivity contribution in [2.75, 3.05) is 4.90 Å². The van der Waals surface area contributed by atoms with Gasteiger partial charge in [-0.05, 0) is 94.7 Å². The molecular formula is C46H30N2O. The van der Waals surface area contributed by atoms with E-state index in [0.717, 1.165) is 44.7 Å². The normalized spacial score (nSPS) is 11.7. The van der Waals surface area contributed by atoms with Gasteiger partial charge in [0.15, 0.2) is 0 Å². The van der Waals surface area contributed by atoms with Crippen molar-refractivity contribution in [2.45, 2.75) is 0 Å². The molecule has 0 spiro atoms. The number of rotatable bonds is 5. The average Bonchev–Trinajstić information content (AvgIpc) is 3.72. The fourth-order valence-corrected chi connectivity index (χ4v) is 7.51. The summed E-state index contributed by atoms with van der Waals surface area (Å²) in [6, 6.07) is 65.0. The topological polar surface area (TPSA) is 21.3 Å². The van der Waals surface area contributed by atoms with E-state index < -0.39 is 0 Å². The number of fused-ring (bicyclic) bond motifs is 8. The lowest BCUT2D eigenvalue weighted by atomic mass is 10.0. The Hall–Kier alpha value is -6.58. The molecular weight excluding hydrogens is 597 g/mol. The largest absolute Gasteiger partial charge is 0.456 e. The SMILES string of the molecule is c1ccc(-c2ccc(N(c3ccc(-n4c5ccccc5c5ccccc54)cc3)c3ccc4c(ccc5oc6ccccc6c54)c3)cc2)cc1. The Morgan fingerprint density at radius 3 is 1.67 bits per heavy atom. The van der Waals surface area contributed by atoms with E-state index >= 15 is 0 Å². The first-order valence-corrected chi connectivity index (χ1v) is 16.7. The number of aromatic nitrogens is 1. The number of hydrogen-bond donors (Lipinski definition) is 0. The van der Waals surface area contributed by atoms with E-state index in [9.17, 15) is 0 Å². The van der Waals surface area contributed by atoms with Crippen molar-refractivity contribution in [1.82, 2.24) is 4.57 Å². The van der Waals surface area contributed by atoms with Gasteiger partial charge in [0.05, 0.1) is 11.0 Å². The van der Waals surface area contributed by atoms with Crippen LogP contribution in [0.2, 0.25) is 0 Å². The molecule has 2 aromatic heterocycles. The van der Waals surface area contributed by atoms with E-state index in [1.165, 1.54) is 43.7 Å². The van der Waals surface area contributed by atoms with Crippen LogP contribution in [0.25, 0.3) is 71.3 Å². The molecule has 0 fully saturated rings. The molecule has 3 heteroatoms. The van der Waals surface area contributed by atoms with Gasteiger partial charge in [-0.25, -0.2) is 0 Å². The molecule has 49 heavy (non-hydrogen) atoms. The van der Waals surface area contributed by atoms with E-state index in [-0.39, 0.29) is 0 Å². The number of furan rings is 1. The minimum atomic E-state index is 0.912. The highest BCUT2D eigenvalue weighted by molar-refractivity contribution is 6.19. The lowest BCUT2D eigenvalue weighted by Gasteiger charge is -2.26. The molecule has 0 aliphatic heterocycles. The third kappa shape index (κ3) is 4.44. The molecule has 10 aromatic rings. The molecule has 0 aliphatic carbocycles. The van der Waals surface area contributed by atoms with Crippen molar-refractivity contribution in [3.05, 3.63) is 182 Å². The van der Waals surface area contributed by atoms with Crippen LogP contribution < -0.4 is 4.90 Å². The quantitative estimate of drug-likeness (QED) is 0.190. The summed E-state index contributed by atoms with van der Waals surface area (Å²) in [7, 11) is 0. The van der Waals surface area contributed by atoms with E-state index in [1.54, 1.807) is 0 Å². The van der Waals surface area contributed by atoms with Crippen molar-refractivity contribution in [1.29, 1.82) is 0 Å². The van der Waals surface area contributed by atoms with Gasteiger partial charge in [0.1, 0.15) is 11.2 Å². The van der Waals surface area contributed by atoms with Crippen molar-refractivity contribution in [3.63, 3.8) is 0 Å². The number of nitrogens with zero attached hydrogens (tertiary/aromatic N) is 2. The molecule has 0 aliphatic rings. The first-order chi connectivity index (χ1) is 24.3. The van der Waals surface area contributed by atoms with Gasteiger partial charge in [-0.1, -0.05) is 109 Å². The van der Waals surface area contributed by atoms with Gasteiger partial charge in [0.25, 0.3) is 0 Å². The zero-order valence-corrected chi connectivity index (χ0v) is 26.6. The third-order valence-electron chi connectivity index (χ3n) is 9.78. The summed E-state index contributed by atoms with van der Waals surface area (Å²) >= 11 is 0. The molecule has 3 nitrogen and oxygen atoms in total. The van der Waals surface area contributed by atoms with Crippen LogP contribution in [0, 0.1) is 0 Å². The molecule has 0 radical (unpaired) electrons. The molecule has 0 amide bonds. The molecule has 0 saturated carbocycles. The number of benzene rings is 8. The molecule has 10 rings (SSSR count). The number of anilines is 3. The lowest BCUT2D eigenvalue weighted by molar-refractivity contribution is 0.669. The molecule has 0 N–H and O–H groups in total. The number of para-hydroxylation sites is 3. The van der Waals surface area contributed by atoms with Crippen molar-refractivity contribution in [2.24, 2.45) is 0 Å². The standard InChI is InChI=1S/C46H30N2O/c1-2-10-31(11-3-1)32-18-21-34(22-19-32)47(37-27-28-38-33(30-37)20-29-45-46(38)41-14-6-9-17-44(41)49-45)35-23-25-36(26-24-35)48-42-15-7-4-12-39(42)40-13-5-8-16-43(40)48/h1-30H. The van der Waals surface area contributed by atoms with Gasteiger partial charge in [0.2, 0.25) is 0 Å². The average molecular weight is 627 g/mol. The van der Waals surface area contributed by atoms with Gasteiger partial charge in [0, 0.05) is 44.3 Å². The van der Waals surface area contributed by atoms with E-state index in [4.69, 9.17) is 4.42 Å². The van der Waals surface area contributed by atoms with Gasteiger partial charge in [-0.15, -0.1) is 0 Å². The molecule has 2 heterocycles. The van der Waals surface area contributed by atoms with Crippen LogP contribution in [0.5, 0.6) is 0 Å². The Bertz CT molecular complexity index is 2750. The third-order valence-corrected chi connectivity index (χ3v) is 9.78. The Labute approximate surface area is 283 Å². The van der Waals surface area contributed by atoms with Gasteiger partial charge in [-0.2, -0.15) is 0 Å². The maximum Gasteiger partial charge on any atom is 0.136 e. The highest BCUT2D eigenvalue weighted by Crippen LogP contribution is 2.41. The summed E-state index contributed by atoms with van der Waals surface area (Å²) in [6.45, 7) is 0. The van der Waals surface area contributed by atoms with Crippen LogP contribution in [-0.4, -0.2) is 4.57 Å². The molecule has 230 valence electrons. The van der Waals surface area contributed by atoms with Crippen molar-refractivity contribution in [3.8, 4) is 16.8 Å². The van der Waals surface area contributed by atoms with Gasteiger partial charge < -0.3 is 13.9 Å². The smallest absolute Gasteiger partial charge is 0.136 e. The van der Waals surface area contributed by atoms with E-state index in [0.29, 0.717) is 0 Å². The van der Waals surface area contributed by atoms with Crippen LogP contribution in [0.4, 0.5) is 17.1 Å². The van der Waals surface area contributed by atoms with E-state index in [1.807, 2.05) is 12.1 Å². The summed E-state index contributed by atoms with van der Waals surface area (Å²) in [6.07, 6.45) is 0. The summed E-state index contributed by atoms with van der Waals surface area (Å²) in [5, 5.41) is 7.19. The second-order valence-electron chi connectivity index (χ2n) is 12.6. The Kier molecular flexibility index (Phi) is 6.18. The van der Waals surface area contributed by atoms with Crippen LogP contribution in [0.1, 0.15) is 0 Å². The van der Waals surface area contributed by atoms with Crippen molar-refractivity contribution < 1.29 is 4.42 Å². The predicted molar refractivity (Wildman–Crippen MR) is 206 cm³/mol. The summed E-state index contributed by atoms with van der Waals surface area (Å²) < 4.78 is 8.57. The van der Waals surface area contributed by atoms with Crippen LogP contribution >= 0.6 is 0 Å². The van der Waals surface area contributed by atoms with Gasteiger partial charge in [-0.3, -0.25) is 0 Å². The molecule has 0 atom stereocenters. The number of hydrogen-bond acceptors (Lipinski definition) is 2. The fourth-order valence-electron chi connectivity index (χ4n) is 7.51. The monoisotopic (exact) mass is 626 g/mol. The van der Waals surface area contributed by atoms with E-state index in [2.05, 4.69) is 179 Å². The Morgan fingerprint density at radius 2 is 0.959 bits per heavy atom. The second kappa shape index (κ2) is 11.0. The zero-order chi connectivity index (χ0) is 32.3. The maximum absolute atomic E-state index is 6.21. The molecule has 0 unspecified atom stereocenters. The summed E-state index contributed by atoms with van der Waals surface area (Å²) in [5.41, 5.74) is 11.1. The highest BCUT2D eigenvalue weighted by Gasteiger charge is 2.17. The minimum Gasteiger partial charge on any atom is -0.456 e. The first kappa shape index (κ1) is 27.5. The van der Waals surface area contributed by atoms with Crippen molar-refractivity contribution >= 4 is 71.6 Å². The van der Waals surface area contributed by atoms with Crippen LogP contribution in [0.15, 0.2) is 186 Å². The summed E-state index contributed by atoms with van der Waals surface area (Å²) in [4.78, 5) is 2.35. The predicted octanol–water partition coefficient (Wildman–Crippen LogP) is 13.0. The minimum absolute atomic E-state index is 0.912. The lowest BCUT2D eigenvalue weighted by Crippen LogP contribution is -2.10. The van der Waals surface area contributed by atoms with Crippen LogP contribution in [-0.2, 0) is 0 Å². The maximum atomic E-state index is 6.21. The summed E-state index contributed by atoms with van der Waals surface area (Å²) in [5.74, 6) is 0. The molecule has 0 bridgehead atoms. The highest BCUT2D eigenvalue weighted by atomic mass is 16.3. The first-order valence-electron chi connectivity index (χ1n) is 16.7. The zero-order valence-electron chi connectivity index (χ0n) is 26.6. The fraction of sp³-hybridized carbons (Fsp3) is 0. The Morgan fingerprint density at radius 1 is 0.388 bits per heavy atom. The van der Waals surface area contributed by atoms with Crippen LogP contribution in [0.3, 0.4) is 0 Å². The molecule has 0 saturated heterocycles. The second-order valence-corrected chi connectivity index (χ2v) is 12.6. The van der Waals surface area contributed by atoms with Gasteiger partial charge >= 0.3 is 0 Å². The molecule has 8 aromatic carbocycles. The Balaban J connectivity index is 1.13.